The quantitative estimate of drug-likeness (QED) is 0.582. The molecule has 0 unspecified atom stereocenters. The zero-order valence-corrected chi connectivity index (χ0v) is 16.2. The van der Waals surface area contributed by atoms with Crippen LogP contribution in [0.25, 0.3) is 0 Å². The lowest BCUT2D eigenvalue weighted by molar-refractivity contribution is -0.136. The Kier molecular flexibility index (Phi) is 6.28. The summed E-state index contributed by atoms with van der Waals surface area (Å²) in [4.78, 5) is 36.0. The summed E-state index contributed by atoms with van der Waals surface area (Å²) >= 11 is 0. The third kappa shape index (κ3) is 5.59. The number of rotatable bonds is 7. The first-order chi connectivity index (χ1) is 12.6. The van der Waals surface area contributed by atoms with E-state index in [-0.39, 0.29) is 4.90 Å². The number of aryl methyl sites for hydroxylation is 3. The van der Waals surface area contributed by atoms with E-state index in [1.54, 1.807) is 31.2 Å². The number of Topliss-reactive ketones (excluding diaryl/α,β-unsaturated/α-hetero) is 2. The molecule has 0 fully saturated rings. The lowest BCUT2D eigenvalue weighted by Crippen LogP contribution is -2.27. The Morgan fingerprint density at radius 2 is 1.48 bits per heavy atom. The summed E-state index contributed by atoms with van der Waals surface area (Å²) in [6.45, 7) is 5.50. The fourth-order valence-corrected chi connectivity index (χ4v) is 3.74. The highest BCUT2D eigenvalue weighted by molar-refractivity contribution is 7.92. The molecule has 0 spiro atoms. The van der Waals surface area contributed by atoms with Crippen LogP contribution in [0.2, 0.25) is 0 Å². The number of sulfone groups is 1. The van der Waals surface area contributed by atoms with Crippen LogP contribution in [0.4, 0.5) is 5.69 Å². The Hall–Kier alpha value is -2.80. The lowest BCUT2D eigenvalue weighted by atomic mass is 10.1. The zero-order chi connectivity index (χ0) is 20.2. The molecule has 0 aliphatic carbocycles. The van der Waals surface area contributed by atoms with Gasteiger partial charge in [-0.05, 0) is 44.5 Å². The largest absolute Gasteiger partial charge is 0.319 e. The highest BCUT2D eigenvalue weighted by Crippen LogP contribution is 2.16. The second kappa shape index (κ2) is 8.26. The predicted octanol–water partition coefficient (Wildman–Crippen LogP) is 2.55. The number of hydrogen-bond acceptors (Lipinski definition) is 5. The second-order valence-electron chi connectivity index (χ2n) is 6.48. The van der Waals surface area contributed by atoms with E-state index < -0.39 is 39.5 Å². The SMILES string of the molecule is Cc1ccc(S(=O)(=O)CC(=O)CC(=O)C(=O)Nc2ccc(C)cc2C)cc1. The van der Waals surface area contributed by atoms with Crippen molar-refractivity contribution in [1.29, 1.82) is 0 Å². The van der Waals surface area contributed by atoms with E-state index in [9.17, 15) is 22.8 Å². The summed E-state index contributed by atoms with van der Waals surface area (Å²) in [5.74, 6) is -3.56. The fourth-order valence-electron chi connectivity index (χ4n) is 2.50. The average Bonchev–Trinajstić information content (AvgIpc) is 2.57. The number of benzene rings is 2. The maximum Gasteiger partial charge on any atom is 0.292 e. The molecule has 0 aromatic heterocycles. The molecule has 0 heterocycles. The molecule has 0 aliphatic heterocycles. The first-order valence-electron chi connectivity index (χ1n) is 8.31. The normalized spacial score (nSPS) is 11.1. The molecule has 0 aliphatic rings. The maximum atomic E-state index is 12.2. The molecule has 142 valence electrons. The first kappa shape index (κ1) is 20.5. The maximum absolute atomic E-state index is 12.2. The molecule has 1 amide bonds. The number of anilines is 1. The van der Waals surface area contributed by atoms with Crippen molar-refractivity contribution in [2.24, 2.45) is 0 Å². The van der Waals surface area contributed by atoms with Gasteiger partial charge in [-0.2, -0.15) is 0 Å². The van der Waals surface area contributed by atoms with Crippen LogP contribution >= 0.6 is 0 Å². The van der Waals surface area contributed by atoms with Crippen LogP contribution in [0, 0.1) is 20.8 Å². The second-order valence-corrected chi connectivity index (χ2v) is 8.47. The standard InChI is InChI=1S/C20H21NO5S/c1-13-4-7-17(8-5-13)27(25,26)12-16(22)11-19(23)20(24)21-18-9-6-14(2)10-15(18)3/h4-10H,11-12H2,1-3H3,(H,21,24). The summed E-state index contributed by atoms with van der Waals surface area (Å²) in [7, 11) is -3.85. The summed E-state index contributed by atoms with van der Waals surface area (Å²) in [5.41, 5.74) is 3.15. The third-order valence-electron chi connectivity index (χ3n) is 3.97. The van der Waals surface area contributed by atoms with Gasteiger partial charge in [-0.1, -0.05) is 35.4 Å². The van der Waals surface area contributed by atoms with E-state index in [1.807, 2.05) is 19.9 Å². The Labute approximate surface area is 158 Å². The van der Waals surface area contributed by atoms with E-state index in [0.717, 1.165) is 16.7 Å². The Bertz CT molecular complexity index is 992. The van der Waals surface area contributed by atoms with Crippen molar-refractivity contribution in [3.63, 3.8) is 0 Å². The highest BCUT2D eigenvalue weighted by atomic mass is 32.2. The van der Waals surface area contributed by atoms with Crippen LogP contribution in [0.1, 0.15) is 23.1 Å². The first-order valence-corrected chi connectivity index (χ1v) is 9.96. The average molecular weight is 387 g/mol. The minimum absolute atomic E-state index is 0.00799. The number of amides is 1. The molecular weight excluding hydrogens is 366 g/mol. The Morgan fingerprint density at radius 1 is 0.889 bits per heavy atom. The number of carbonyl (C=O) groups is 3. The van der Waals surface area contributed by atoms with Crippen LogP contribution < -0.4 is 5.32 Å². The number of ketones is 2. The van der Waals surface area contributed by atoms with Gasteiger partial charge >= 0.3 is 0 Å². The van der Waals surface area contributed by atoms with Crippen LogP contribution in [-0.4, -0.2) is 31.6 Å². The summed E-state index contributed by atoms with van der Waals surface area (Å²) in [6.07, 6.45) is -0.762. The molecule has 0 atom stereocenters. The predicted molar refractivity (Wildman–Crippen MR) is 102 cm³/mol. The van der Waals surface area contributed by atoms with Gasteiger partial charge in [0.1, 0.15) is 5.75 Å². The van der Waals surface area contributed by atoms with Crippen molar-refractivity contribution < 1.29 is 22.8 Å². The molecule has 7 heteroatoms. The minimum Gasteiger partial charge on any atom is -0.319 e. The van der Waals surface area contributed by atoms with Gasteiger partial charge in [0.2, 0.25) is 5.78 Å². The third-order valence-corrected chi connectivity index (χ3v) is 5.66. The van der Waals surface area contributed by atoms with Gasteiger partial charge in [0.25, 0.3) is 5.91 Å². The van der Waals surface area contributed by atoms with Crippen molar-refractivity contribution >= 4 is 33.0 Å². The highest BCUT2D eigenvalue weighted by Gasteiger charge is 2.24. The number of carbonyl (C=O) groups excluding carboxylic acids is 3. The fraction of sp³-hybridized carbons (Fsp3) is 0.250. The molecular formula is C20H21NO5S. The van der Waals surface area contributed by atoms with E-state index >= 15 is 0 Å². The molecule has 6 nitrogen and oxygen atoms in total. The van der Waals surface area contributed by atoms with E-state index in [2.05, 4.69) is 5.32 Å². The lowest BCUT2D eigenvalue weighted by Gasteiger charge is -2.08. The summed E-state index contributed by atoms with van der Waals surface area (Å²) in [5, 5.41) is 2.45. The summed E-state index contributed by atoms with van der Waals surface area (Å²) in [6, 6.07) is 11.4. The van der Waals surface area contributed by atoms with Gasteiger partial charge in [-0.3, -0.25) is 14.4 Å². The smallest absolute Gasteiger partial charge is 0.292 e. The van der Waals surface area contributed by atoms with Crippen molar-refractivity contribution in [2.75, 3.05) is 11.1 Å². The summed E-state index contributed by atoms with van der Waals surface area (Å²) < 4.78 is 24.5. The Balaban J connectivity index is 1.99. The molecule has 27 heavy (non-hydrogen) atoms. The Morgan fingerprint density at radius 3 is 2.07 bits per heavy atom. The van der Waals surface area contributed by atoms with Gasteiger partial charge in [0.15, 0.2) is 15.6 Å². The van der Waals surface area contributed by atoms with Gasteiger partial charge in [0, 0.05) is 5.69 Å². The molecule has 0 saturated carbocycles. The van der Waals surface area contributed by atoms with Crippen LogP contribution in [0.3, 0.4) is 0 Å². The molecule has 2 aromatic carbocycles. The van der Waals surface area contributed by atoms with E-state index in [4.69, 9.17) is 0 Å². The monoisotopic (exact) mass is 387 g/mol. The van der Waals surface area contributed by atoms with Crippen LogP contribution in [-0.2, 0) is 24.2 Å². The van der Waals surface area contributed by atoms with Crippen LogP contribution in [0.5, 0.6) is 0 Å². The number of hydrogen-bond donors (Lipinski definition) is 1. The van der Waals surface area contributed by atoms with Crippen molar-refractivity contribution in [1.82, 2.24) is 0 Å². The van der Waals surface area contributed by atoms with Crippen molar-refractivity contribution in [2.45, 2.75) is 32.1 Å². The zero-order valence-electron chi connectivity index (χ0n) is 15.4. The molecule has 2 aromatic rings. The van der Waals surface area contributed by atoms with Gasteiger partial charge in [-0.25, -0.2) is 8.42 Å². The van der Waals surface area contributed by atoms with Gasteiger partial charge < -0.3 is 5.32 Å². The molecule has 0 saturated heterocycles. The van der Waals surface area contributed by atoms with Crippen LogP contribution in [0.15, 0.2) is 47.4 Å². The van der Waals surface area contributed by atoms with Crippen molar-refractivity contribution in [3.05, 3.63) is 59.2 Å². The van der Waals surface area contributed by atoms with Gasteiger partial charge in [-0.15, -0.1) is 0 Å². The van der Waals surface area contributed by atoms with E-state index in [0.29, 0.717) is 5.69 Å². The molecule has 0 bridgehead atoms. The molecule has 1 N–H and O–H groups in total. The van der Waals surface area contributed by atoms with E-state index in [1.165, 1.54) is 12.1 Å². The molecule has 2 rings (SSSR count). The minimum atomic E-state index is -3.85. The topological polar surface area (TPSA) is 97.4 Å². The van der Waals surface area contributed by atoms with Gasteiger partial charge in [0.05, 0.1) is 11.3 Å². The number of nitrogens with one attached hydrogen (secondary N) is 1. The van der Waals surface area contributed by atoms with Crippen molar-refractivity contribution in [3.8, 4) is 0 Å². The molecule has 0 radical (unpaired) electrons.